The zero-order valence-electron chi connectivity index (χ0n) is 14.6. The smallest absolute Gasteiger partial charge is 0.271 e. The number of halogens is 1. The minimum Gasteiger partial charge on any atom is -0.339 e. The first-order chi connectivity index (χ1) is 12.1. The van der Waals surface area contributed by atoms with E-state index in [4.69, 9.17) is 5.73 Å². The van der Waals surface area contributed by atoms with Gasteiger partial charge in [0, 0.05) is 16.8 Å². The van der Waals surface area contributed by atoms with Crippen molar-refractivity contribution in [1.82, 2.24) is 10.3 Å². The fraction of sp³-hybridized carbons (Fsp3) is 0.263. The van der Waals surface area contributed by atoms with Gasteiger partial charge in [-0.2, -0.15) is 0 Å². The van der Waals surface area contributed by atoms with Gasteiger partial charge in [-0.1, -0.05) is 44.2 Å². The van der Waals surface area contributed by atoms with Crippen LogP contribution in [-0.4, -0.2) is 10.9 Å². The van der Waals surface area contributed by atoms with Gasteiger partial charge in [0.2, 0.25) is 0 Å². The summed E-state index contributed by atoms with van der Waals surface area (Å²) in [6.07, 6.45) is 0. The minimum atomic E-state index is -0.184. The van der Waals surface area contributed by atoms with Gasteiger partial charge in [-0.05, 0) is 28.5 Å². The van der Waals surface area contributed by atoms with Gasteiger partial charge >= 0.3 is 0 Å². The van der Waals surface area contributed by atoms with Crippen molar-refractivity contribution in [1.29, 1.82) is 0 Å². The zero-order valence-corrected chi connectivity index (χ0v) is 17.1. The molecule has 0 aliphatic rings. The first-order valence-corrected chi connectivity index (χ1v) is 9.93. The monoisotopic (exact) mass is 407 g/mol. The number of benzene rings is 1. The number of nitrogens with zero attached hydrogens (tertiary/aromatic N) is 1. The third kappa shape index (κ3) is 4.71. The summed E-state index contributed by atoms with van der Waals surface area (Å²) < 4.78 is 0. The summed E-state index contributed by atoms with van der Waals surface area (Å²) in [5.74, 6) is 0.302. The highest BCUT2D eigenvalue weighted by atomic mass is 35.5. The van der Waals surface area contributed by atoms with Gasteiger partial charge in [0.25, 0.3) is 5.91 Å². The number of rotatable bonds is 6. The van der Waals surface area contributed by atoms with Crippen molar-refractivity contribution >= 4 is 41.0 Å². The van der Waals surface area contributed by atoms with E-state index in [1.54, 1.807) is 16.7 Å². The van der Waals surface area contributed by atoms with E-state index in [0.29, 0.717) is 18.2 Å². The average Bonchev–Trinajstić information content (AvgIpc) is 3.31. The summed E-state index contributed by atoms with van der Waals surface area (Å²) in [6, 6.07) is 12.3. The van der Waals surface area contributed by atoms with Gasteiger partial charge in [0.1, 0.15) is 10.7 Å². The molecule has 1 unspecified atom stereocenters. The predicted octanol–water partition coefficient (Wildman–Crippen LogP) is 4.73. The quantitative estimate of drug-likeness (QED) is 0.620. The van der Waals surface area contributed by atoms with E-state index >= 15 is 0 Å². The lowest BCUT2D eigenvalue weighted by Crippen LogP contribution is -2.29. The molecule has 0 saturated heterocycles. The van der Waals surface area contributed by atoms with E-state index in [0.717, 1.165) is 15.4 Å². The lowest BCUT2D eigenvalue weighted by atomic mass is 9.98. The maximum atomic E-state index is 12.6. The maximum Gasteiger partial charge on any atom is 0.271 e. The first kappa shape index (κ1) is 20.6. The molecule has 0 aliphatic heterocycles. The van der Waals surface area contributed by atoms with E-state index in [1.807, 2.05) is 17.5 Å². The molecular weight excluding hydrogens is 386 g/mol. The van der Waals surface area contributed by atoms with Crippen molar-refractivity contribution in [3.05, 3.63) is 73.9 Å². The van der Waals surface area contributed by atoms with E-state index in [-0.39, 0.29) is 24.4 Å². The number of hydrogen-bond donors (Lipinski definition) is 2. The molecule has 7 heteroatoms. The number of carbonyl (C=O) groups excluding carboxylic acids is 1. The third-order valence-corrected chi connectivity index (χ3v) is 5.81. The van der Waals surface area contributed by atoms with E-state index in [2.05, 4.69) is 48.4 Å². The molecular formula is C19H22ClN3OS2. The Morgan fingerprint density at radius 2 is 1.85 bits per heavy atom. The highest BCUT2D eigenvalue weighted by Gasteiger charge is 2.20. The van der Waals surface area contributed by atoms with Crippen LogP contribution in [-0.2, 0) is 6.54 Å². The van der Waals surface area contributed by atoms with E-state index < -0.39 is 0 Å². The fourth-order valence-corrected chi connectivity index (χ4v) is 4.02. The number of aromatic nitrogens is 1. The molecule has 0 spiro atoms. The molecule has 1 amide bonds. The van der Waals surface area contributed by atoms with Crippen molar-refractivity contribution in [3.8, 4) is 0 Å². The second-order valence-corrected chi connectivity index (χ2v) is 8.00. The van der Waals surface area contributed by atoms with Crippen LogP contribution in [0.4, 0.5) is 0 Å². The Labute approximate surface area is 167 Å². The Bertz CT molecular complexity index is 829. The molecule has 0 aliphatic carbocycles. The number of amides is 1. The molecule has 3 N–H and O–H groups in total. The molecule has 1 aromatic carbocycles. The Kier molecular flexibility index (Phi) is 7.34. The predicted molar refractivity (Wildman–Crippen MR) is 111 cm³/mol. The molecule has 3 rings (SSSR count). The molecule has 3 aromatic rings. The van der Waals surface area contributed by atoms with Crippen LogP contribution in [0.3, 0.4) is 0 Å². The molecule has 2 aromatic heterocycles. The molecule has 0 bridgehead atoms. The SMILES string of the molecule is CC(C)c1ccc(C(NC(=O)c2csc(CN)n2)c2cccs2)cc1.Cl. The summed E-state index contributed by atoms with van der Waals surface area (Å²) in [6.45, 7) is 4.69. The highest BCUT2D eigenvalue weighted by Crippen LogP contribution is 2.28. The Morgan fingerprint density at radius 3 is 2.38 bits per heavy atom. The zero-order chi connectivity index (χ0) is 17.8. The Morgan fingerprint density at radius 1 is 1.15 bits per heavy atom. The van der Waals surface area contributed by atoms with Gasteiger partial charge in [-0.3, -0.25) is 4.79 Å². The topological polar surface area (TPSA) is 68.0 Å². The standard InChI is InChI=1S/C19H21N3OS2.ClH/c1-12(2)13-5-7-14(8-6-13)18(16-4-3-9-24-16)22-19(23)15-11-25-17(10-20)21-15;/h3-9,11-12,18H,10,20H2,1-2H3,(H,22,23);1H. The van der Waals surface area contributed by atoms with Crippen molar-refractivity contribution in [2.24, 2.45) is 5.73 Å². The molecule has 2 heterocycles. The van der Waals surface area contributed by atoms with Gasteiger partial charge in [0.15, 0.2) is 0 Å². The van der Waals surface area contributed by atoms with Crippen LogP contribution in [0.25, 0.3) is 0 Å². The van der Waals surface area contributed by atoms with Gasteiger partial charge in [0.05, 0.1) is 6.04 Å². The number of nitrogens with two attached hydrogens (primary N) is 1. The normalized spacial score (nSPS) is 11.8. The van der Waals surface area contributed by atoms with Crippen LogP contribution < -0.4 is 11.1 Å². The van der Waals surface area contributed by atoms with Gasteiger partial charge in [-0.15, -0.1) is 35.1 Å². The van der Waals surface area contributed by atoms with Crippen LogP contribution in [0, 0.1) is 0 Å². The average molecular weight is 408 g/mol. The largest absolute Gasteiger partial charge is 0.339 e. The molecule has 0 saturated carbocycles. The second-order valence-electron chi connectivity index (χ2n) is 6.07. The molecule has 0 radical (unpaired) electrons. The minimum absolute atomic E-state index is 0. The van der Waals surface area contributed by atoms with Gasteiger partial charge in [-0.25, -0.2) is 4.98 Å². The second kappa shape index (κ2) is 9.28. The highest BCUT2D eigenvalue weighted by molar-refractivity contribution is 7.10. The fourth-order valence-electron chi connectivity index (χ4n) is 2.56. The maximum absolute atomic E-state index is 12.6. The van der Waals surface area contributed by atoms with Crippen molar-refractivity contribution in [2.45, 2.75) is 32.4 Å². The number of thiazole rings is 1. The molecule has 1 atom stereocenters. The van der Waals surface area contributed by atoms with Crippen molar-refractivity contribution < 1.29 is 4.79 Å². The van der Waals surface area contributed by atoms with E-state index in [9.17, 15) is 4.79 Å². The van der Waals surface area contributed by atoms with Gasteiger partial charge < -0.3 is 11.1 Å². The Hall–Kier alpha value is -1.73. The first-order valence-electron chi connectivity index (χ1n) is 8.17. The summed E-state index contributed by atoms with van der Waals surface area (Å²) in [5.41, 5.74) is 8.36. The van der Waals surface area contributed by atoms with Crippen LogP contribution in [0.15, 0.2) is 47.2 Å². The van der Waals surface area contributed by atoms with Crippen LogP contribution in [0.2, 0.25) is 0 Å². The summed E-state index contributed by atoms with van der Waals surface area (Å²) in [4.78, 5) is 18.0. The van der Waals surface area contributed by atoms with Crippen LogP contribution in [0.1, 0.15) is 57.3 Å². The lowest BCUT2D eigenvalue weighted by Gasteiger charge is -2.18. The van der Waals surface area contributed by atoms with Crippen molar-refractivity contribution in [3.63, 3.8) is 0 Å². The summed E-state index contributed by atoms with van der Waals surface area (Å²) in [5, 5.41) is 7.65. The Balaban J connectivity index is 0.00000243. The summed E-state index contributed by atoms with van der Waals surface area (Å²) >= 11 is 3.04. The van der Waals surface area contributed by atoms with Crippen LogP contribution in [0.5, 0.6) is 0 Å². The molecule has 138 valence electrons. The molecule has 4 nitrogen and oxygen atoms in total. The van der Waals surface area contributed by atoms with E-state index in [1.165, 1.54) is 16.9 Å². The number of nitrogens with one attached hydrogen (secondary N) is 1. The van der Waals surface area contributed by atoms with Crippen LogP contribution >= 0.6 is 35.1 Å². The third-order valence-electron chi connectivity index (χ3n) is 4.00. The summed E-state index contributed by atoms with van der Waals surface area (Å²) in [7, 11) is 0. The number of carbonyl (C=O) groups is 1. The molecule has 0 fully saturated rings. The molecule has 26 heavy (non-hydrogen) atoms. The number of hydrogen-bond acceptors (Lipinski definition) is 5. The lowest BCUT2D eigenvalue weighted by molar-refractivity contribution is 0.0939. The van der Waals surface area contributed by atoms with Crippen molar-refractivity contribution in [2.75, 3.05) is 0 Å². The number of thiophene rings is 1.